The number of nitrogens with zero attached hydrogens (tertiary/aromatic N) is 1. The number of ketones is 1. The van der Waals surface area contributed by atoms with Gasteiger partial charge in [0.15, 0.2) is 17.3 Å². The predicted molar refractivity (Wildman–Crippen MR) is 98.5 cm³/mol. The molecule has 0 spiro atoms. The number of hydrogen-bond donors (Lipinski definition) is 0. The number of carbonyl (C=O) groups excluding carboxylic acids is 1. The van der Waals surface area contributed by atoms with E-state index in [1.807, 2.05) is 18.0 Å². The van der Waals surface area contributed by atoms with Gasteiger partial charge in [-0.15, -0.1) is 6.58 Å². The Hall–Kier alpha value is -2.86. The first-order chi connectivity index (χ1) is 12.9. The van der Waals surface area contributed by atoms with Crippen LogP contribution in [0.1, 0.15) is 15.9 Å². The van der Waals surface area contributed by atoms with Crippen molar-refractivity contribution in [2.45, 2.75) is 0 Å². The van der Waals surface area contributed by atoms with E-state index in [0.29, 0.717) is 6.54 Å². The average Bonchev–Trinajstić information content (AvgIpc) is 2.62. The van der Waals surface area contributed by atoms with Gasteiger partial charge in [0.2, 0.25) is 0 Å². The molecule has 0 aromatic heterocycles. The number of hydrogen-bond acceptors (Lipinski definition) is 3. The van der Waals surface area contributed by atoms with Crippen molar-refractivity contribution < 1.29 is 22.7 Å². The zero-order valence-corrected chi connectivity index (χ0v) is 14.9. The van der Waals surface area contributed by atoms with E-state index in [4.69, 9.17) is 4.74 Å². The summed E-state index contributed by atoms with van der Waals surface area (Å²) in [6.45, 7) is 5.23. The zero-order valence-electron chi connectivity index (χ0n) is 14.9. The Morgan fingerprint density at radius 2 is 1.78 bits per heavy atom. The van der Waals surface area contributed by atoms with Crippen molar-refractivity contribution >= 4 is 5.78 Å². The second kappa shape index (κ2) is 9.73. The minimum Gasteiger partial charge on any atom is -0.486 e. The maximum absolute atomic E-state index is 14.2. The first-order valence-corrected chi connectivity index (χ1v) is 8.29. The molecule has 0 bridgehead atoms. The van der Waals surface area contributed by atoms with E-state index in [2.05, 4.69) is 6.58 Å². The summed E-state index contributed by atoms with van der Waals surface area (Å²) in [6, 6.07) is 6.55. The van der Waals surface area contributed by atoms with Gasteiger partial charge in [-0.25, -0.2) is 13.2 Å². The molecule has 0 aliphatic rings. The van der Waals surface area contributed by atoms with Gasteiger partial charge < -0.3 is 4.74 Å². The molecule has 2 aromatic rings. The van der Waals surface area contributed by atoms with Crippen LogP contribution in [0.5, 0.6) is 5.75 Å². The van der Waals surface area contributed by atoms with Crippen LogP contribution in [0.15, 0.2) is 61.2 Å². The Morgan fingerprint density at radius 1 is 1.07 bits per heavy atom. The Kier molecular flexibility index (Phi) is 7.37. The summed E-state index contributed by atoms with van der Waals surface area (Å²) in [5.74, 6) is -3.75. The average molecular weight is 375 g/mol. The Morgan fingerprint density at radius 3 is 2.41 bits per heavy atom. The van der Waals surface area contributed by atoms with Crippen molar-refractivity contribution in [1.82, 2.24) is 4.90 Å². The van der Waals surface area contributed by atoms with Gasteiger partial charge in [0.25, 0.3) is 0 Å². The van der Waals surface area contributed by atoms with Crippen molar-refractivity contribution in [2.75, 3.05) is 26.7 Å². The maximum atomic E-state index is 14.2. The summed E-state index contributed by atoms with van der Waals surface area (Å²) in [5, 5.41) is 0. The summed E-state index contributed by atoms with van der Waals surface area (Å²) in [4.78, 5) is 14.3. The van der Waals surface area contributed by atoms with Gasteiger partial charge >= 0.3 is 0 Å². The molecule has 0 unspecified atom stereocenters. The Bertz CT molecular complexity index is 829. The van der Waals surface area contributed by atoms with Gasteiger partial charge in [0.05, 0.1) is 5.56 Å². The first kappa shape index (κ1) is 20.5. The lowest BCUT2D eigenvalue weighted by molar-refractivity contribution is 0.103. The van der Waals surface area contributed by atoms with Gasteiger partial charge in [-0.3, -0.25) is 9.69 Å². The molecule has 2 rings (SSSR count). The summed E-state index contributed by atoms with van der Waals surface area (Å²) < 4.78 is 46.9. The van der Waals surface area contributed by atoms with E-state index in [1.54, 1.807) is 12.2 Å². The molecule has 3 nitrogen and oxygen atoms in total. The Balaban J connectivity index is 2.02. The van der Waals surface area contributed by atoms with Gasteiger partial charge in [-0.1, -0.05) is 24.3 Å². The van der Waals surface area contributed by atoms with E-state index < -0.39 is 28.8 Å². The number of benzene rings is 2. The van der Waals surface area contributed by atoms with Crippen molar-refractivity contribution in [3.8, 4) is 5.75 Å². The molecule has 0 fully saturated rings. The molecular weight excluding hydrogens is 355 g/mol. The van der Waals surface area contributed by atoms with Crippen LogP contribution < -0.4 is 4.74 Å². The van der Waals surface area contributed by atoms with Crippen molar-refractivity contribution in [2.24, 2.45) is 0 Å². The molecule has 2 aromatic carbocycles. The standard InChI is InChI=1S/C21H20F3NO2/c1-3-11-25(2)12-4-5-13-27-19-10-9-15(14-18(19)24)21(26)20-16(22)7-6-8-17(20)23/h3-10,14H,1,11-13H2,2H3/b5-4+. The Labute approximate surface area is 156 Å². The molecule has 142 valence electrons. The molecule has 0 aliphatic carbocycles. The van der Waals surface area contributed by atoms with Crippen LogP contribution in [0.3, 0.4) is 0 Å². The maximum Gasteiger partial charge on any atom is 0.199 e. The summed E-state index contributed by atoms with van der Waals surface area (Å²) >= 11 is 0. The van der Waals surface area contributed by atoms with Crippen LogP contribution in [0, 0.1) is 17.5 Å². The van der Waals surface area contributed by atoms with E-state index in [9.17, 15) is 18.0 Å². The van der Waals surface area contributed by atoms with Crippen LogP contribution >= 0.6 is 0 Å². The smallest absolute Gasteiger partial charge is 0.199 e. The molecule has 0 amide bonds. The van der Waals surface area contributed by atoms with E-state index in [0.717, 1.165) is 30.8 Å². The first-order valence-electron chi connectivity index (χ1n) is 8.29. The highest BCUT2D eigenvalue weighted by Gasteiger charge is 2.20. The zero-order chi connectivity index (χ0) is 19.8. The van der Waals surface area contributed by atoms with Gasteiger partial charge in [0, 0.05) is 18.7 Å². The fourth-order valence-corrected chi connectivity index (χ4v) is 2.37. The quantitative estimate of drug-likeness (QED) is 0.481. The van der Waals surface area contributed by atoms with Crippen LogP contribution in [0.4, 0.5) is 13.2 Å². The number of rotatable bonds is 9. The summed E-state index contributed by atoms with van der Waals surface area (Å²) in [6.07, 6.45) is 5.41. The van der Waals surface area contributed by atoms with E-state index in [1.165, 1.54) is 12.1 Å². The number of ether oxygens (including phenoxy) is 1. The van der Waals surface area contributed by atoms with Gasteiger partial charge in [-0.05, 0) is 37.4 Å². The highest BCUT2D eigenvalue weighted by molar-refractivity contribution is 6.09. The lowest BCUT2D eigenvalue weighted by Gasteiger charge is -2.10. The molecule has 0 saturated heterocycles. The minimum absolute atomic E-state index is 0.0512. The predicted octanol–water partition coefficient (Wildman–Crippen LogP) is 4.39. The normalized spacial score (nSPS) is 11.1. The van der Waals surface area contributed by atoms with Crippen LogP contribution in [-0.2, 0) is 0 Å². The molecule has 0 saturated carbocycles. The fourth-order valence-electron chi connectivity index (χ4n) is 2.37. The van der Waals surface area contributed by atoms with Crippen molar-refractivity contribution in [3.63, 3.8) is 0 Å². The molecule has 27 heavy (non-hydrogen) atoms. The molecule has 0 N–H and O–H groups in total. The van der Waals surface area contributed by atoms with Crippen LogP contribution in [-0.4, -0.2) is 37.4 Å². The SMILES string of the molecule is C=CCN(C)C/C=C/COc1ccc(C(=O)c2c(F)cccc2F)cc1F. The monoisotopic (exact) mass is 375 g/mol. The largest absolute Gasteiger partial charge is 0.486 e. The third-order valence-electron chi connectivity index (χ3n) is 3.74. The highest BCUT2D eigenvalue weighted by atomic mass is 19.1. The van der Waals surface area contributed by atoms with Crippen molar-refractivity contribution in [3.05, 3.63) is 89.8 Å². The van der Waals surface area contributed by atoms with E-state index >= 15 is 0 Å². The lowest BCUT2D eigenvalue weighted by atomic mass is 10.0. The third kappa shape index (κ3) is 5.56. The lowest BCUT2D eigenvalue weighted by Crippen LogP contribution is -2.17. The van der Waals surface area contributed by atoms with Crippen LogP contribution in [0.2, 0.25) is 0 Å². The van der Waals surface area contributed by atoms with Gasteiger partial charge in [-0.2, -0.15) is 0 Å². The number of likely N-dealkylation sites (N-methyl/N-ethyl adjacent to an activating group) is 1. The summed E-state index contributed by atoms with van der Waals surface area (Å²) in [7, 11) is 1.93. The second-order valence-corrected chi connectivity index (χ2v) is 5.86. The topological polar surface area (TPSA) is 29.5 Å². The number of carbonyl (C=O) groups is 1. The minimum atomic E-state index is -0.993. The molecule has 0 aliphatic heterocycles. The summed E-state index contributed by atoms with van der Waals surface area (Å²) in [5.41, 5.74) is -0.873. The van der Waals surface area contributed by atoms with Crippen molar-refractivity contribution in [1.29, 1.82) is 0 Å². The van der Waals surface area contributed by atoms with Gasteiger partial charge in [0.1, 0.15) is 18.2 Å². The second-order valence-electron chi connectivity index (χ2n) is 5.86. The van der Waals surface area contributed by atoms with E-state index in [-0.39, 0.29) is 17.9 Å². The molecule has 0 heterocycles. The molecular formula is C21H20F3NO2. The fraction of sp³-hybridized carbons (Fsp3) is 0.190. The number of halogens is 3. The highest BCUT2D eigenvalue weighted by Crippen LogP contribution is 2.22. The molecule has 0 radical (unpaired) electrons. The third-order valence-corrected chi connectivity index (χ3v) is 3.74. The molecule has 0 atom stereocenters. The van der Waals surface area contributed by atoms with Crippen LogP contribution in [0.25, 0.3) is 0 Å². The molecule has 6 heteroatoms.